The molecule has 1 aliphatic heterocycles. The van der Waals surface area contributed by atoms with Crippen LogP contribution in [0.1, 0.15) is 22.7 Å². The number of aliphatic hydroxyl groups excluding tert-OH is 1. The summed E-state index contributed by atoms with van der Waals surface area (Å²) >= 11 is 3.37. The highest BCUT2D eigenvalue weighted by Crippen LogP contribution is 2.42. The summed E-state index contributed by atoms with van der Waals surface area (Å²) < 4.78 is 28.2. The van der Waals surface area contributed by atoms with Crippen LogP contribution in [0.4, 0.5) is 14.5 Å². The molecule has 1 amide bonds. The van der Waals surface area contributed by atoms with Crippen LogP contribution in [-0.2, 0) is 9.59 Å². The lowest BCUT2D eigenvalue weighted by atomic mass is 9.94. The molecule has 3 aromatic carbocycles. The van der Waals surface area contributed by atoms with Crippen molar-refractivity contribution in [1.82, 2.24) is 0 Å². The van der Waals surface area contributed by atoms with Gasteiger partial charge in [-0.25, -0.2) is 8.78 Å². The van der Waals surface area contributed by atoms with Crippen LogP contribution >= 0.6 is 15.9 Å². The zero-order valence-electron chi connectivity index (χ0n) is 16.6. The van der Waals surface area contributed by atoms with Gasteiger partial charge in [0.2, 0.25) is 0 Å². The molecule has 0 radical (unpaired) electrons. The number of aliphatic hydroxyl groups is 1. The standard InChI is InChI=1S/C24H16BrF2NO4/c1-12-10-14(4-8-17(12)25)22(30)20-21(13-2-6-16(29)7-3-13)28(24(32)23(20)31)15-5-9-18(26)19(27)11-15/h2-11,21,29-30H,1H3/b22-20+. The molecule has 1 aliphatic rings. The van der Waals surface area contributed by atoms with Gasteiger partial charge in [0.05, 0.1) is 11.6 Å². The second kappa shape index (κ2) is 8.20. The molecule has 0 spiro atoms. The van der Waals surface area contributed by atoms with Crippen LogP contribution in [0.25, 0.3) is 5.76 Å². The Labute approximate surface area is 190 Å². The number of rotatable bonds is 3. The lowest BCUT2D eigenvalue weighted by molar-refractivity contribution is -0.132. The number of ketones is 1. The second-order valence-electron chi connectivity index (χ2n) is 7.32. The van der Waals surface area contributed by atoms with Crippen LogP contribution in [-0.4, -0.2) is 21.9 Å². The number of anilines is 1. The van der Waals surface area contributed by atoms with Gasteiger partial charge in [-0.15, -0.1) is 0 Å². The van der Waals surface area contributed by atoms with Gasteiger partial charge in [-0.1, -0.05) is 34.1 Å². The van der Waals surface area contributed by atoms with Crippen LogP contribution < -0.4 is 4.90 Å². The molecule has 0 aliphatic carbocycles. The molecule has 1 heterocycles. The molecule has 0 aromatic heterocycles. The fraction of sp³-hybridized carbons (Fsp3) is 0.0833. The molecule has 1 atom stereocenters. The molecular weight excluding hydrogens is 484 g/mol. The van der Waals surface area contributed by atoms with Crippen molar-refractivity contribution in [2.75, 3.05) is 4.90 Å². The van der Waals surface area contributed by atoms with E-state index in [2.05, 4.69) is 15.9 Å². The van der Waals surface area contributed by atoms with Crippen LogP contribution in [0, 0.1) is 18.6 Å². The van der Waals surface area contributed by atoms with E-state index in [1.165, 1.54) is 30.3 Å². The Morgan fingerprint density at radius 3 is 2.28 bits per heavy atom. The lowest BCUT2D eigenvalue weighted by Gasteiger charge is -2.25. The lowest BCUT2D eigenvalue weighted by Crippen LogP contribution is -2.29. The summed E-state index contributed by atoms with van der Waals surface area (Å²) in [5, 5.41) is 20.7. The number of phenols is 1. The van der Waals surface area contributed by atoms with Gasteiger partial charge in [0, 0.05) is 21.8 Å². The van der Waals surface area contributed by atoms with Gasteiger partial charge in [-0.2, -0.15) is 0 Å². The summed E-state index contributed by atoms with van der Waals surface area (Å²) in [5.74, 6) is -4.69. The Bertz CT molecular complexity index is 1290. The minimum atomic E-state index is -1.18. The summed E-state index contributed by atoms with van der Waals surface area (Å²) in [6, 6.07) is 12.4. The molecule has 1 saturated heterocycles. The molecule has 1 fully saturated rings. The second-order valence-corrected chi connectivity index (χ2v) is 8.18. The quantitative estimate of drug-likeness (QED) is 0.288. The van der Waals surface area contributed by atoms with Crippen molar-refractivity contribution < 1.29 is 28.6 Å². The van der Waals surface area contributed by atoms with E-state index in [1.54, 1.807) is 25.1 Å². The number of halogens is 3. The first-order valence-electron chi connectivity index (χ1n) is 9.50. The van der Waals surface area contributed by atoms with Crippen molar-refractivity contribution in [3.63, 3.8) is 0 Å². The summed E-state index contributed by atoms with van der Waals surface area (Å²) in [5.41, 5.74) is 1.26. The van der Waals surface area contributed by atoms with Crippen molar-refractivity contribution in [2.45, 2.75) is 13.0 Å². The fourth-order valence-corrected chi connectivity index (χ4v) is 3.90. The van der Waals surface area contributed by atoms with E-state index in [0.29, 0.717) is 11.1 Å². The first-order valence-corrected chi connectivity index (χ1v) is 10.3. The highest BCUT2D eigenvalue weighted by atomic mass is 79.9. The molecule has 162 valence electrons. The number of aromatic hydroxyl groups is 1. The fourth-order valence-electron chi connectivity index (χ4n) is 3.65. The Balaban J connectivity index is 1.96. The van der Waals surface area contributed by atoms with Crippen molar-refractivity contribution in [1.29, 1.82) is 0 Å². The molecule has 3 aromatic rings. The van der Waals surface area contributed by atoms with E-state index >= 15 is 0 Å². The van der Waals surface area contributed by atoms with E-state index in [4.69, 9.17) is 0 Å². The SMILES string of the molecule is Cc1cc(/C(O)=C2\C(=O)C(=O)N(c3ccc(F)c(F)c3)C2c2ccc(O)cc2)ccc1Br. The number of hydrogen-bond donors (Lipinski definition) is 2. The molecule has 5 nitrogen and oxygen atoms in total. The van der Waals surface area contributed by atoms with Crippen LogP contribution in [0.2, 0.25) is 0 Å². The van der Waals surface area contributed by atoms with Crippen molar-refractivity contribution >= 4 is 39.1 Å². The molecule has 4 rings (SSSR count). The van der Waals surface area contributed by atoms with Crippen molar-refractivity contribution in [3.05, 3.63) is 99.0 Å². The van der Waals surface area contributed by atoms with Gasteiger partial charge >= 0.3 is 0 Å². The number of nitrogens with zero attached hydrogens (tertiary/aromatic N) is 1. The predicted octanol–water partition coefficient (Wildman–Crippen LogP) is 5.37. The Morgan fingerprint density at radius 2 is 1.66 bits per heavy atom. The predicted molar refractivity (Wildman–Crippen MR) is 118 cm³/mol. The molecule has 2 N–H and O–H groups in total. The maximum absolute atomic E-state index is 13.9. The van der Waals surface area contributed by atoms with Crippen LogP contribution in [0.5, 0.6) is 5.75 Å². The maximum Gasteiger partial charge on any atom is 0.300 e. The van der Waals surface area contributed by atoms with Gasteiger partial charge < -0.3 is 10.2 Å². The van der Waals surface area contributed by atoms with Crippen LogP contribution in [0.15, 0.2) is 70.7 Å². The Kier molecular flexibility index (Phi) is 5.56. The smallest absolute Gasteiger partial charge is 0.300 e. The monoisotopic (exact) mass is 499 g/mol. The van der Waals surface area contributed by atoms with Crippen molar-refractivity contribution in [2.24, 2.45) is 0 Å². The topological polar surface area (TPSA) is 77.8 Å². The minimum Gasteiger partial charge on any atom is -0.508 e. The first kappa shape index (κ1) is 21.7. The van der Waals surface area contributed by atoms with Crippen molar-refractivity contribution in [3.8, 4) is 5.75 Å². The van der Waals surface area contributed by atoms with Gasteiger partial charge in [0.1, 0.15) is 11.5 Å². The molecule has 0 bridgehead atoms. The molecule has 8 heteroatoms. The molecule has 32 heavy (non-hydrogen) atoms. The summed E-state index contributed by atoms with van der Waals surface area (Å²) in [7, 11) is 0. The van der Waals surface area contributed by atoms with Gasteiger partial charge in [-0.05, 0) is 54.4 Å². The molecule has 0 saturated carbocycles. The third kappa shape index (κ3) is 3.67. The highest BCUT2D eigenvalue weighted by molar-refractivity contribution is 9.10. The maximum atomic E-state index is 13.9. The average Bonchev–Trinajstić information content (AvgIpc) is 3.03. The zero-order chi connectivity index (χ0) is 23.2. The average molecular weight is 500 g/mol. The van der Waals surface area contributed by atoms with E-state index in [1.807, 2.05) is 0 Å². The largest absolute Gasteiger partial charge is 0.508 e. The number of carbonyl (C=O) groups is 2. The zero-order valence-corrected chi connectivity index (χ0v) is 18.2. The Morgan fingerprint density at radius 1 is 0.969 bits per heavy atom. The third-order valence-electron chi connectivity index (χ3n) is 5.27. The summed E-state index contributed by atoms with van der Waals surface area (Å²) in [4.78, 5) is 27.0. The molecule has 1 unspecified atom stereocenters. The summed E-state index contributed by atoms with van der Waals surface area (Å²) in [6.07, 6.45) is 0. The number of benzene rings is 3. The number of amides is 1. The minimum absolute atomic E-state index is 0.0398. The van der Waals surface area contributed by atoms with Gasteiger partial charge in [-0.3, -0.25) is 14.5 Å². The van der Waals surface area contributed by atoms with Gasteiger partial charge in [0.15, 0.2) is 11.6 Å². The van der Waals surface area contributed by atoms with E-state index in [-0.39, 0.29) is 17.0 Å². The number of phenolic OH excluding ortho intramolecular Hbond substituents is 1. The first-order chi connectivity index (χ1) is 15.2. The Hall–Kier alpha value is -3.52. The van der Waals surface area contributed by atoms with E-state index in [9.17, 15) is 28.6 Å². The highest BCUT2D eigenvalue weighted by Gasteiger charge is 2.47. The molecular formula is C24H16BrF2NO4. The third-order valence-corrected chi connectivity index (χ3v) is 6.16. The van der Waals surface area contributed by atoms with E-state index < -0.39 is 35.1 Å². The number of hydrogen-bond acceptors (Lipinski definition) is 4. The number of Topliss-reactive ketones (excluding diaryl/α,β-unsaturated/α-hetero) is 1. The number of aryl methyl sites for hydroxylation is 1. The summed E-state index contributed by atoms with van der Waals surface area (Å²) in [6.45, 7) is 1.80. The van der Waals surface area contributed by atoms with E-state index in [0.717, 1.165) is 27.1 Å². The normalized spacial score (nSPS) is 17.8. The van der Waals surface area contributed by atoms with Gasteiger partial charge in [0.25, 0.3) is 11.7 Å². The number of carbonyl (C=O) groups excluding carboxylic acids is 2. The van der Waals surface area contributed by atoms with Crippen LogP contribution in [0.3, 0.4) is 0 Å².